The summed E-state index contributed by atoms with van der Waals surface area (Å²) in [6.45, 7) is 4.23. The molecule has 0 bridgehead atoms. The highest BCUT2D eigenvalue weighted by molar-refractivity contribution is 5.83. The summed E-state index contributed by atoms with van der Waals surface area (Å²) in [4.78, 5) is 35.8. The van der Waals surface area contributed by atoms with Gasteiger partial charge in [-0.2, -0.15) is 0 Å². The van der Waals surface area contributed by atoms with E-state index in [1.165, 1.54) is 20.3 Å². The van der Waals surface area contributed by atoms with Gasteiger partial charge in [-0.1, -0.05) is 6.92 Å². The van der Waals surface area contributed by atoms with E-state index in [0.717, 1.165) is 0 Å². The van der Waals surface area contributed by atoms with Gasteiger partial charge >= 0.3 is 11.9 Å². The molecule has 0 saturated carbocycles. The monoisotopic (exact) mass is 402 g/mol. The van der Waals surface area contributed by atoms with Crippen molar-refractivity contribution >= 4 is 18.2 Å². The second-order valence-electron chi connectivity index (χ2n) is 7.19. The van der Waals surface area contributed by atoms with Gasteiger partial charge in [0.05, 0.1) is 31.3 Å². The molecule has 0 amide bonds. The largest absolute Gasteiger partial charge is 0.466 e. The van der Waals surface area contributed by atoms with Gasteiger partial charge in [0.25, 0.3) is 0 Å². The molecule has 1 saturated heterocycles. The summed E-state index contributed by atoms with van der Waals surface area (Å²) < 4.78 is 21.9. The van der Waals surface area contributed by atoms with E-state index in [0.29, 0.717) is 11.9 Å². The number of esters is 2. The SMILES string of the molecule is CCC(=O)O[C@H]1/C(=C/C(=O)OC)CC(CC(O)CO)O[C@@]1(OC)C(C)(C)C=O. The number of aldehydes is 1. The highest BCUT2D eigenvalue weighted by atomic mass is 16.7. The molecule has 4 atom stereocenters. The number of ether oxygens (including phenoxy) is 4. The number of rotatable bonds is 9. The Kier molecular flexibility index (Phi) is 8.75. The summed E-state index contributed by atoms with van der Waals surface area (Å²) in [7, 11) is 2.51. The van der Waals surface area contributed by atoms with Gasteiger partial charge in [0.15, 0.2) is 6.10 Å². The van der Waals surface area contributed by atoms with Crippen LogP contribution in [0.25, 0.3) is 0 Å². The molecule has 0 aliphatic carbocycles. The predicted octanol–water partition coefficient (Wildman–Crippen LogP) is 0.508. The van der Waals surface area contributed by atoms with Crippen LogP contribution in [-0.4, -0.2) is 73.4 Å². The fourth-order valence-corrected chi connectivity index (χ4v) is 3.18. The fourth-order valence-electron chi connectivity index (χ4n) is 3.18. The fraction of sp³-hybridized carbons (Fsp3) is 0.737. The van der Waals surface area contributed by atoms with Crippen LogP contribution in [0.2, 0.25) is 0 Å². The Morgan fingerprint density at radius 3 is 2.50 bits per heavy atom. The van der Waals surface area contributed by atoms with Crippen molar-refractivity contribution in [2.75, 3.05) is 20.8 Å². The summed E-state index contributed by atoms with van der Waals surface area (Å²) in [6, 6.07) is 0. The quantitative estimate of drug-likeness (QED) is 0.322. The maximum Gasteiger partial charge on any atom is 0.330 e. The molecular weight excluding hydrogens is 372 g/mol. The molecule has 1 rings (SSSR count). The molecule has 1 aliphatic heterocycles. The molecule has 1 aliphatic rings. The van der Waals surface area contributed by atoms with Crippen molar-refractivity contribution in [3.05, 3.63) is 11.6 Å². The van der Waals surface area contributed by atoms with E-state index in [1.54, 1.807) is 20.8 Å². The highest BCUT2D eigenvalue weighted by Gasteiger charge is 2.60. The Labute approximate surface area is 164 Å². The Morgan fingerprint density at radius 2 is 2.04 bits per heavy atom. The molecule has 2 N–H and O–H groups in total. The van der Waals surface area contributed by atoms with E-state index in [4.69, 9.17) is 19.3 Å². The van der Waals surface area contributed by atoms with Crippen LogP contribution in [0.3, 0.4) is 0 Å². The lowest BCUT2D eigenvalue weighted by molar-refractivity contribution is -0.337. The lowest BCUT2D eigenvalue weighted by atomic mass is 9.75. The standard InChI is InChI=1S/C19H30O9/c1-6-15(23)27-17-12(8-16(24)25-4)7-14(9-13(22)10-20)28-19(17,26-5)18(2,3)11-21/h8,11,13-14,17,20,22H,6-7,9-10H2,1-5H3/b12-8+/t13?,14?,17-,19+/m0/s1. The van der Waals surface area contributed by atoms with Crippen molar-refractivity contribution in [1.82, 2.24) is 0 Å². The number of methoxy groups -OCH3 is 2. The van der Waals surface area contributed by atoms with Crippen molar-refractivity contribution in [3.8, 4) is 0 Å². The van der Waals surface area contributed by atoms with Gasteiger partial charge < -0.3 is 34.0 Å². The minimum absolute atomic E-state index is 0.0174. The second-order valence-corrected chi connectivity index (χ2v) is 7.19. The van der Waals surface area contributed by atoms with Crippen molar-refractivity contribution in [2.24, 2.45) is 5.41 Å². The van der Waals surface area contributed by atoms with Gasteiger partial charge in [0, 0.05) is 26.0 Å². The molecule has 1 fully saturated rings. The first-order valence-electron chi connectivity index (χ1n) is 9.06. The maximum absolute atomic E-state index is 12.1. The first kappa shape index (κ1) is 24.2. The number of carbonyl (C=O) groups is 3. The smallest absolute Gasteiger partial charge is 0.330 e. The van der Waals surface area contributed by atoms with Crippen LogP contribution in [0.4, 0.5) is 0 Å². The van der Waals surface area contributed by atoms with E-state index in [9.17, 15) is 19.5 Å². The Morgan fingerprint density at radius 1 is 1.39 bits per heavy atom. The molecule has 0 radical (unpaired) electrons. The second kappa shape index (κ2) is 10.1. The summed E-state index contributed by atoms with van der Waals surface area (Å²) in [6.07, 6.45) is -1.01. The van der Waals surface area contributed by atoms with Crippen LogP contribution >= 0.6 is 0 Å². The van der Waals surface area contributed by atoms with Gasteiger partial charge in [-0.15, -0.1) is 0 Å². The van der Waals surface area contributed by atoms with Gasteiger partial charge in [-0.3, -0.25) is 4.79 Å². The topological polar surface area (TPSA) is 129 Å². The molecule has 160 valence electrons. The zero-order valence-electron chi connectivity index (χ0n) is 17.0. The zero-order chi connectivity index (χ0) is 21.5. The van der Waals surface area contributed by atoms with Crippen molar-refractivity contribution < 1.29 is 43.5 Å². The normalized spacial score (nSPS) is 27.9. The van der Waals surface area contributed by atoms with Crippen molar-refractivity contribution in [1.29, 1.82) is 0 Å². The van der Waals surface area contributed by atoms with Gasteiger partial charge in [-0.25, -0.2) is 4.79 Å². The summed E-state index contributed by atoms with van der Waals surface area (Å²) in [5.74, 6) is -3.00. The van der Waals surface area contributed by atoms with Crippen molar-refractivity contribution in [3.63, 3.8) is 0 Å². The Hall–Kier alpha value is -1.81. The molecule has 0 spiro atoms. The molecule has 2 unspecified atom stereocenters. The molecule has 0 aromatic carbocycles. The molecular formula is C19H30O9. The van der Waals surface area contributed by atoms with Crippen LogP contribution in [0.1, 0.15) is 40.0 Å². The van der Waals surface area contributed by atoms with Crippen LogP contribution in [0, 0.1) is 5.41 Å². The number of hydrogen-bond acceptors (Lipinski definition) is 9. The zero-order valence-corrected chi connectivity index (χ0v) is 17.0. The van der Waals surface area contributed by atoms with Crippen LogP contribution < -0.4 is 0 Å². The Bertz CT molecular complexity index is 598. The molecule has 9 heteroatoms. The minimum atomic E-state index is -1.75. The molecule has 0 aromatic rings. The van der Waals surface area contributed by atoms with Gasteiger partial charge in [0.1, 0.15) is 6.29 Å². The first-order valence-corrected chi connectivity index (χ1v) is 9.06. The maximum atomic E-state index is 12.1. The average molecular weight is 402 g/mol. The first-order chi connectivity index (χ1) is 13.1. The van der Waals surface area contributed by atoms with Gasteiger partial charge in [0.2, 0.25) is 5.79 Å². The Balaban J connectivity index is 3.55. The predicted molar refractivity (Wildman–Crippen MR) is 97.1 cm³/mol. The summed E-state index contributed by atoms with van der Waals surface area (Å²) in [5.41, 5.74) is -0.967. The van der Waals surface area contributed by atoms with Crippen LogP contribution in [0.15, 0.2) is 11.6 Å². The van der Waals surface area contributed by atoms with E-state index in [1.807, 2.05) is 0 Å². The highest BCUT2D eigenvalue weighted by Crippen LogP contribution is 2.46. The molecule has 1 heterocycles. The van der Waals surface area contributed by atoms with Crippen molar-refractivity contribution in [2.45, 2.75) is 64.1 Å². The third-order valence-electron chi connectivity index (χ3n) is 4.77. The van der Waals surface area contributed by atoms with Gasteiger partial charge in [-0.05, 0) is 25.8 Å². The number of aliphatic hydroxyl groups excluding tert-OH is 2. The lowest BCUT2D eigenvalue weighted by Gasteiger charge is -2.51. The van der Waals surface area contributed by atoms with Crippen LogP contribution in [0.5, 0.6) is 0 Å². The van der Waals surface area contributed by atoms with E-state index >= 15 is 0 Å². The summed E-state index contributed by atoms with van der Waals surface area (Å²) >= 11 is 0. The average Bonchev–Trinajstić information content (AvgIpc) is 2.68. The molecule has 28 heavy (non-hydrogen) atoms. The molecule has 0 aromatic heterocycles. The van der Waals surface area contributed by atoms with E-state index in [-0.39, 0.29) is 19.3 Å². The summed E-state index contributed by atoms with van der Waals surface area (Å²) in [5, 5.41) is 19.0. The molecule has 9 nitrogen and oxygen atoms in total. The number of carbonyl (C=O) groups excluding carboxylic acids is 3. The number of aliphatic hydroxyl groups is 2. The van der Waals surface area contributed by atoms with E-state index in [2.05, 4.69) is 4.74 Å². The third-order valence-corrected chi connectivity index (χ3v) is 4.77. The lowest BCUT2D eigenvalue weighted by Crippen LogP contribution is -2.64. The number of hydrogen-bond donors (Lipinski definition) is 2. The van der Waals surface area contributed by atoms with Crippen LogP contribution in [-0.2, 0) is 33.3 Å². The third kappa shape index (κ3) is 5.16. The van der Waals surface area contributed by atoms with E-state index < -0.39 is 48.1 Å². The minimum Gasteiger partial charge on any atom is -0.466 e.